The first-order valence-electron chi connectivity index (χ1n) is 6.92. The SMILES string of the molecule is N#Cc1cc(F)cc(Oc2ccc(S(=O)[O-])c3c2CC(F)(F)[C@H]3O)c1. The maximum absolute atomic E-state index is 13.9. The number of hydrogen-bond acceptors (Lipinski definition) is 5. The minimum absolute atomic E-state index is 0.0331. The van der Waals surface area contributed by atoms with Crippen LogP contribution in [0, 0.1) is 17.1 Å². The van der Waals surface area contributed by atoms with Crippen LogP contribution in [0.2, 0.25) is 0 Å². The molecule has 0 spiro atoms. The molecule has 25 heavy (non-hydrogen) atoms. The Hall–Kier alpha value is -2.41. The molecule has 130 valence electrons. The molecule has 0 amide bonds. The highest BCUT2D eigenvalue weighted by Gasteiger charge is 2.49. The van der Waals surface area contributed by atoms with E-state index in [0.717, 1.165) is 24.3 Å². The van der Waals surface area contributed by atoms with Crippen LogP contribution in [-0.4, -0.2) is 19.8 Å². The largest absolute Gasteiger partial charge is 0.768 e. The normalized spacial score (nSPS) is 19.1. The number of nitriles is 1. The van der Waals surface area contributed by atoms with Crippen LogP contribution in [0.4, 0.5) is 13.2 Å². The Bertz CT molecular complexity index is 926. The molecule has 2 aromatic carbocycles. The van der Waals surface area contributed by atoms with Gasteiger partial charge in [0.1, 0.15) is 23.4 Å². The van der Waals surface area contributed by atoms with Gasteiger partial charge in [-0.25, -0.2) is 13.2 Å². The lowest BCUT2D eigenvalue weighted by atomic mass is 10.1. The van der Waals surface area contributed by atoms with Crippen molar-refractivity contribution in [2.75, 3.05) is 0 Å². The summed E-state index contributed by atoms with van der Waals surface area (Å²) in [6.07, 6.45) is -3.22. The van der Waals surface area contributed by atoms with Gasteiger partial charge in [-0.05, 0) is 35.3 Å². The molecule has 0 bridgehead atoms. The van der Waals surface area contributed by atoms with Crippen LogP contribution in [0.5, 0.6) is 11.5 Å². The van der Waals surface area contributed by atoms with E-state index in [9.17, 15) is 27.0 Å². The predicted octanol–water partition coefficient (Wildman–Crippen LogP) is 2.95. The highest BCUT2D eigenvalue weighted by molar-refractivity contribution is 7.79. The second kappa shape index (κ2) is 6.15. The van der Waals surface area contributed by atoms with Crippen LogP contribution in [0.15, 0.2) is 35.2 Å². The van der Waals surface area contributed by atoms with Crippen LogP contribution in [0.25, 0.3) is 0 Å². The van der Waals surface area contributed by atoms with Crippen molar-refractivity contribution in [3.63, 3.8) is 0 Å². The average Bonchev–Trinajstić information content (AvgIpc) is 2.78. The topological polar surface area (TPSA) is 93.4 Å². The van der Waals surface area contributed by atoms with Gasteiger partial charge in [0.2, 0.25) is 0 Å². The minimum atomic E-state index is -3.56. The molecule has 9 heteroatoms. The summed E-state index contributed by atoms with van der Waals surface area (Å²) < 4.78 is 69.1. The van der Waals surface area contributed by atoms with Gasteiger partial charge in [0.25, 0.3) is 5.92 Å². The van der Waals surface area contributed by atoms with Crippen LogP contribution < -0.4 is 4.74 Å². The molecule has 1 unspecified atom stereocenters. The van der Waals surface area contributed by atoms with Crippen molar-refractivity contribution in [2.45, 2.75) is 23.3 Å². The van der Waals surface area contributed by atoms with E-state index in [4.69, 9.17) is 10.00 Å². The predicted molar refractivity (Wildman–Crippen MR) is 78.4 cm³/mol. The lowest BCUT2D eigenvalue weighted by Crippen LogP contribution is -2.22. The zero-order valence-corrected chi connectivity index (χ0v) is 13.1. The Labute approximate surface area is 142 Å². The fourth-order valence-electron chi connectivity index (χ4n) is 2.70. The summed E-state index contributed by atoms with van der Waals surface area (Å²) in [4.78, 5) is -0.455. The van der Waals surface area contributed by atoms with Crippen molar-refractivity contribution in [1.82, 2.24) is 0 Å². The molecule has 2 atom stereocenters. The Balaban J connectivity index is 2.10. The standard InChI is InChI=1S/C16H10F3NO4S/c17-9-3-8(7-20)4-10(5-9)24-12-1-2-13(25(22)23)14-11(12)6-16(18,19)15(14)21/h1-5,15,21H,6H2,(H,22,23)/p-1/t15-/m0/s1. The molecule has 0 radical (unpaired) electrons. The van der Waals surface area contributed by atoms with Gasteiger partial charge in [0.15, 0.2) is 0 Å². The van der Waals surface area contributed by atoms with Gasteiger partial charge in [-0.3, -0.25) is 4.21 Å². The summed E-state index contributed by atoms with van der Waals surface area (Å²) in [6.45, 7) is 0. The molecule has 1 aliphatic carbocycles. The van der Waals surface area contributed by atoms with Gasteiger partial charge in [0.05, 0.1) is 11.6 Å². The fraction of sp³-hybridized carbons (Fsp3) is 0.188. The number of fused-ring (bicyclic) bond motifs is 1. The number of nitrogens with zero attached hydrogens (tertiary/aromatic N) is 1. The summed E-state index contributed by atoms with van der Waals surface area (Å²) in [6, 6.07) is 7.03. The highest BCUT2D eigenvalue weighted by atomic mass is 32.2. The van der Waals surface area contributed by atoms with Crippen molar-refractivity contribution in [3.05, 3.63) is 52.8 Å². The van der Waals surface area contributed by atoms with E-state index in [0.29, 0.717) is 0 Å². The third-order valence-corrected chi connectivity index (χ3v) is 4.48. The Morgan fingerprint density at radius 2 is 2.08 bits per heavy atom. The molecule has 0 heterocycles. The van der Waals surface area contributed by atoms with Crippen molar-refractivity contribution in [1.29, 1.82) is 5.26 Å². The Morgan fingerprint density at radius 3 is 2.72 bits per heavy atom. The number of ether oxygens (including phenoxy) is 1. The Kier molecular flexibility index (Phi) is 4.28. The van der Waals surface area contributed by atoms with Gasteiger partial charge in [-0.15, -0.1) is 0 Å². The number of aliphatic hydroxyl groups excluding tert-OH is 1. The molecule has 0 fully saturated rings. The van der Waals surface area contributed by atoms with Crippen molar-refractivity contribution in [3.8, 4) is 17.6 Å². The Morgan fingerprint density at radius 1 is 1.36 bits per heavy atom. The summed E-state index contributed by atoms with van der Waals surface area (Å²) in [5.74, 6) is -4.57. The highest BCUT2D eigenvalue weighted by Crippen LogP contribution is 2.49. The number of hydrogen-bond donors (Lipinski definition) is 1. The smallest absolute Gasteiger partial charge is 0.281 e. The quantitative estimate of drug-likeness (QED) is 0.841. The minimum Gasteiger partial charge on any atom is -0.768 e. The number of alkyl halides is 2. The zero-order chi connectivity index (χ0) is 18.4. The van der Waals surface area contributed by atoms with Gasteiger partial charge < -0.3 is 14.4 Å². The first-order chi connectivity index (χ1) is 11.7. The first kappa shape index (κ1) is 17.4. The molecule has 1 aliphatic rings. The zero-order valence-electron chi connectivity index (χ0n) is 12.3. The molecule has 0 aliphatic heterocycles. The number of benzene rings is 2. The maximum atomic E-state index is 13.9. The van der Waals surface area contributed by atoms with E-state index in [1.54, 1.807) is 6.07 Å². The fourth-order valence-corrected chi connectivity index (χ4v) is 3.30. The molecule has 5 nitrogen and oxygen atoms in total. The summed E-state index contributed by atoms with van der Waals surface area (Å²) in [5.41, 5.74) is -0.649. The third kappa shape index (κ3) is 3.11. The summed E-state index contributed by atoms with van der Waals surface area (Å²) in [5, 5.41) is 18.6. The molecule has 0 saturated heterocycles. The average molecular weight is 368 g/mol. The van der Waals surface area contributed by atoms with Crippen LogP contribution >= 0.6 is 0 Å². The van der Waals surface area contributed by atoms with Gasteiger partial charge >= 0.3 is 0 Å². The number of rotatable bonds is 3. The van der Waals surface area contributed by atoms with Crippen LogP contribution in [0.1, 0.15) is 22.8 Å². The van der Waals surface area contributed by atoms with E-state index < -0.39 is 45.8 Å². The van der Waals surface area contributed by atoms with Crippen LogP contribution in [-0.2, 0) is 17.5 Å². The lowest BCUT2D eigenvalue weighted by molar-refractivity contribution is -0.0976. The second-order valence-corrected chi connectivity index (χ2v) is 6.33. The number of halogens is 3. The molecule has 3 rings (SSSR count). The van der Waals surface area contributed by atoms with E-state index in [1.165, 1.54) is 6.07 Å². The molecular weight excluding hydrogens is 359 g/mol. The van der Waals surface area contributed by atoms with Crippen molar-refractivity contribution < 1.29 is 31.8 Å². The molecular formula is C16H9F3NO4S-. The molecule has 2 aromatic rings. The first-order valence-corrected chi connectivity index (χ1v) is 8.00. The molecule has 0 aromatic heterocycles. The van der Waals surface area contributed by atoms with Crippen LogP contribution in [0.3, 0.4) is 0 Å². The second-order valence-electron chi connectivity index (χ2n) is 5.42. The number of aliphatic hydroxyl groups is 1. The van der Waals surface area contributed by atoms with Crippen molar-refractivity contribution in [2.24, 2.45) is 0 Å². The third-order valence-electron chi connectivity index (χ3n) is 3.77. The van der Waals surface area contributed by atoms with Gasteiger partial charge in [-0.1, -0.05) is 0 Å². The van der Waals surface area contributed by atoms with E-state index >= 15 is 0 Å². The summed E-state index contributed by atoms with van der Waals surface area (Å²) in [7, 11) is 0. The summed E-state index contributed by atoms with van der Waals surface area (Å²) >= 11 is -2.83. The molecule has 1 N–H and O–H groups in total. The van der Waals surface area contributed by atoms with Crippen molar-refractivity contribution >= 4 is 11.1 Å². The lowest BCUT2D eigenvalue weighted by Gasteiger charge is -2.17. The van der Waals surface area contributed by atoms with Gasteiger partial charge in [0, 0.05) is 28.5 Å². The maximum Gasteiger partial charge on any atom is 0.281 e. The molecule has 0 saturated carbocycles. The van der Waals surface area contributed by atoms with E-state index in [-0.39, 0.29) is 22.6 Å². The monoisotopic (exact) mass is 368 g/mol. The van der Waals surface area contributed by atoms with E-state index in [2.05, 4.69) is 0 Å². The van der Waals surface area contributed by atoms with Gasteiger partial charge in [-0.2, -0.15) is 5.26 Å². The van der Waals surface area contributed by atoms with E-state index in [1.807, 2.05) is 0 Å².